The summed E-state index contributed by atoms with van der Waals surface area (Å²) in [6.45, 7) is 18.9. The van der Waals surface area contributed by atoms with Crippen LogP contribution in [0.4, 0.5) is 4.79 Å². The number of likely N-dealkylation sites (tertiary alicyclic amines) is 1. The number of ketones is 1. The average Bonchev–Trinajstić information content (AvgIpc) is 3.90. The van der Waals surface area contributed by atoms with Crippen LogP contribution in [-0.2, 0) is 49.3 Å². The first-order valence-electron chi connectivity index (χ1n) is 26.8. The van der Waals surface area contributed by atoms with Gasteiger partial charge >= 0.3 is 12.1 Å². The molecule has 2 aliphatic carbocycles. The van der Waals surface area contributed by atoms with E-state index in [0.717, 1.165) is 34.2 Å². The molecule has 11 atom stereocenters. The third-order valence-electron chi connectivity index (χ3n) is 15.9. The zero-order valence-electron chi connectivity index (χ0n) is 46.5. The molecule has 3 aromatic rings. The number of Topliss-reactive ketones (excluding diaryl/α,β-unsaturated/α-hetero) is 1. The van der Waals surface area contributed by atoms with Crippen LogP contribution in [0.25, 0.3) is 11.1 Å². The third kappa shape index (κ3) is 13.3. The summed E-state index contributed by atoms with van der Waals surface area (Å²) in [5.41, 5.74) is 4.53. The number of nitrogens with zero attached hydrogens (tertiary/aromatic N) is 3. The van der Waals surface area contributed by atoms with Crippen LogP contribution in [0.15, 0.2) is 78.9 Å². The first-order valence-corrected chi connectivity index (χ1v) is 26.8. The van der Waals surface area contributed by atoms with Gasteiger partial charge < -0.3 is 39.0 Å². The Morgan fingerprint density at radius 3 is 1.89 bits per heavy atom. The molecule has 404 valence electrons. The lowest BCUT2D eigenvalue weighted by atomic mass is 9.83. The van der Waals surface area contributed by atoms with Crippen molar-refractivity contribution in [2.24, 2.45) is 35.5 Å². The van der Waals surface area contributed by atoms with Crippen LogP contribution in [-0.4, -0.2) is 133 Å². The summed E-state index contributed by atoms with van der Waals surface area (Å²) in [7, 11) is 6.43. The molecule has 0 bridgehead atoms. The van der Waals surface area contributed by atoms with E-state index in [1.165, 1.54) is 4.90 Å². The Balaban J connectivity index is 1.13. The topological polar surface area (TPSA) is 161 Å². The lowest BCUT2D eigenvalue weighted by Crippen LogP contribution is -2.56. The van der Waals surface area contributed by atoms with E-state index in [-0.39, 0.29) is 85.0 Å². The number of amides is 4. The second kappa shape index (κ2) is 24.8. The fourth-order valence-electron chi connectivity index (χ4n) is 11.8. The van der Waals surface area contributed by atoms with Crippen molar-refractivity contribution < 1.29 is 47.7 Å². The number of esters is 1. The molecule has 0 radical (unpaired) electrons. The smallest absolute Gasteiger partial charge is 0.410 e. The molecule has 74 heavy (non-hydrogen) atoms. The van der Waals surface area contributed by atoms with Crippen molar-refractivity contribution in [3.8, 4) is 11.1 Å². The van der Waals surface area contributed by atoms with Gasteiger partial charge in [-0.05, 0) is 85.1 Å². The molecular formula is C60H84N4O10. The van der Waals surface area contributed by atoms with Crippen LogP contribution in [0, 0.1) is 35.5 Å². The van der Waals surface area contributed by atoms with Crippen LogP contribution >= 0.6 is 0 Å². The molecule has 1 saturated heterocycles. The summed E-state index contributed by atoms with van der Waals surface area (Å²) in [5.74, 6) is -3.49. The Labute approximate surface area is 440 Å². The molecule has 2 fully saturated rings. The quantitative estimate of drug-likeness (QED) is 0.0858. The molecule has 6 rings (SSSR count). The summed E-state index contributed by atoms with van der Waals surface area (Å²) in [5, 5.41) is 2.96. The van der Waals surface area contributed by atoms with Crippen molar-refractivity contribution in [1.82, 2.24) is 20.0 Å². The summed E-state index contributed by atoms with van der Waals surface area (Å²) < 4.78 is 24.0. The van der Waals surface area contributed by atoms with E-state index in [1.807, 2.05) is 101 Å². The first-order chi connectivity index (χ1) is 35.0. The summed E-state index contributed by atoms with van der Waals surface area (Å²) in [6.07, 6.45) is 0.327. The van der Waals surface area contributed by atoms with Crippen LogP contribution < -0.4 is 5.32 Å². The maximum atomic E-state index is 14.9. The molecule has 0 unspecified atom stereocenters. The number of nitrogens with one attached hydrogen (secondary N) is 1. The summed E-state index contributed by atoms with van der Waals surface area (Å²) in [6, 6.07) is 23.0. The lowest BCUT2D eigenvalue weighted by molar-refractivity contribution is -0.159. The fourth-order valence-corrected chi connectivity index (χ4v) is 11.8. The van der Waals surface area contributed by atoms with E-state index in [4.69, 9.17) is 18.9 Å². The predicted octanol–water partition coefficient (Wildman–Crippen LogP) is 9.11. The van der Waals surface area contributed by atoms with Crippen LogP contribution in [0.2, 0.25) is 0 Å². The standard InChI is InChI=1S/C60H84N4O10/c1-15-37(6)54(62(11)57(68)45(35(2)3)32-50(65)53(36(4)5)63(12)59(70)73-34-46-43-27-21-19-25-41(43)42-26-20-22-28-44(42)46)51(71-13)33-52(66)64-48-30-40(48)31-49(64)55(72-14)38(7)56(67)61-47(58(69)74-60(8,9)10)29-39-23-17-16-18-24-39/h16-28,35-38,40,45-49,51,53-55H,15,29-34H2,1-14H3,(H,61,67)/t37-,38+,40-,45-,47-,48-,49-,51+,53-,54-,55+/m0/s1. The largest absolute Gasteiger partial charge is 0.458 e. The summed E-state index contributed by atoms with van der Waals surface area (Å²) in [4.78, 5) is 90.6. The predicted molar refractivity (Wildman–Crippen MR) is 286 cm³/mol. The van der Waals surface area contributed by atoms with E-state index in [2.05, 4.69) is 29.6 Å². The lowest BCUT2D eigenvalue weighted by Gasteiger charge is -2.41. The third-order valence-corrected chi connectivity index (χ3v) is 15.9. The number of piperidine rings is 1. The molecular weight excluding hydrogens is 937 g/mol. The van der Waals surface area contributed by atoms with Gasteiger partial charge in [0.2, 0.25) is 17.7 Å². The van der Waals surface area contributed by atoms with Gasteiger partial charge in [-0.1, -0.05) is 134 Å². The Bertz CT molecular complexity index is 2390. The van der Waals surface area contributed by atoms with E-state index in [9.17, 15) is 28.8 Å². The van der Waals surface area contributed by atoms with Gasteiger partial charge in [0.15, 0.2) is 5.78 Å². The van der Waals surface area contributed by atoms with Gasteiger partial charge in [-0.2, -0.15) is 0 Å². The van der Waals surface area contributed by atoms with Crippen molar-refractivity contribution in [1.29, 1.82) is 0 Å². The van der Waals surface area contributed by atoms with Crippen molar-refractivity contribution in [3.63, 3.8) is 0 Å². The highest BCUT2D eigenvalue weighted by Gasteiger charge is 2.57. The number of carbonyl (C=O) groups is 6. The minimum Gasteiger partial charge on any atom is -0.458 e. The maximum Gasteiger partial charge on any atom is 0.410 e. The first kappa shape index (κ1) is 57.7. The van der Waals surface area contributed by atoms with Crippen LogP contribution in [0.5, 0.6) is 0 Å². The Kier molecular flexibility index (Phi) is 19.4. The number of hydrogen-bond acceptors (Lipinski definition) is 10. The van der Waals surface area contributed by atoms with Gasteiger partial charge in [-0.15, -0.1) is 0 Å². The van der Waals surface area contributed by atoms with Crippen LogP contribution in [0.1, 0.15) is 124 Å². The number of ether oxygens (including phenoxy) is 4. The van der Waals surface area contributed by atoms with E-state index < -0.39 is 65.9 Å². The van der Waals surface area contributed by atoms with Crippen LogP contribution in [0.3, 0.4) is 0 Å². The number of hydrogen-bond donors (Lipinski definition) is 1. The Morgan fingerprint density at radius 2 is 1.35 bits per heavy atom. The molecule has 4 amide bonds. The molecule has 14 heteroatoms. The monoisotopic (exact) mass is 1020 g/mol. The maximum absolute atomic E-state index is 14.9. The second-order valence-corrected chi connectivity index (χ2v) is 22.9. The zero-order valence-corrected chi connectivity index (χ0v) is 46.5. The number of fused-ring (bicyclic) bond motifs is 4. The molecule has 3 aliphatic rings. The van der Waals surface area contributed by atoms with Gasteiger partial charge in [0.25, 0.3) is 0 Å². The number of carbonyl (C=O) groups excluding carboxylic acids is 6. The second-order valence-electron chi connectivity index (χ2n) is 22.9. The van der Waals surface area contributed by atoms with Crippen molar-refractivity contribution >= 4 is 35.6 Å². The van der Waals surface area contributed by atoms with E-state index >= 15 is 0 Å². The Morgan fingerprint density at radius 1 is 0.757 bits per heavy atom. The number of methoxy groups -OCH3 is 2. The Hall–Kier alpha value is -5.60. The highest BCUT2D eigenvalue weighted by molar-refractivity contribution is 5.92. The van der Waals surface area contributed by atoms with E-state index in [0.29, 0.717) is 12.8 Å². The minimum absolute atomic E-state index is 0.0104. The van der Waals surface area contributed by atoms with Crippen molar-refractivity contribution in [3.05, 3.63) is 95.6 Å². The molecule has 0 aromatic heterocycles. The van der Waals surface area contributed by atoms with Gasteiger partial charge in [-0.25, -0.2) is 9.59 Å². The fraction of sp³-hybridized carbons (Fsp3) is 0.600. The van der Waals surface area contributed by atoms with Gasteiger partial charge in [0.1, 0.15) is 18.2 Å². The summed E-state index contributed by atoms with van der Waals surface area (Å²) >= 11 is 0. The van der Waals surface area contributed by atoms with Crippen molar-refractivity contribution in [2.45, 2.75) is 162 Å². The average molecular weight is 1020 g/mol. The van der Waals surface area contributed by atoms with Gasteiger partial charge in [-0.3, -0.25) is 19.2 Å². The normalized spacial score (nSPS) is 20.2. The molecule has 14 nitrogen and oxygen atoms in total. The van der Waals surface area contributed by atoms with Gasteiger partial charge in [0, 0.05) is 59.0 Å². The molecule has 0 spiro atoms. The number of likely N-dealkylation sites (N-methyl/N-ethyl adjacent to an activating group) is 2. The van der Waals surface area contributed by atoms with Gasteiger partial charge in [0.05, 0.1) is 42.7 Å². The molecule has 1 N–H and O–H groups in total. The molecule has 3 aromatic carbocycles. The molecule has 1 aliphatic heterocycles. The SMILES string of the molecule is CC[C@H](C)[C@@H]([C@@H](CC(=O)N1[C@H]2C[C@H]2C[C@H]1[C@H](OC)[C@@H](C)C(=O)N[C@@H](Cc1ccccc1)C(=O)OC(C)(C)C)OC)N(C)C(=O)[C@@H](CC(=O)[C@H](C(C)C)N(C)C(=O)OCC1c2ccccc2-c2ccccc21)C(C)C. The highest BCUT2D eigenvalue weighted by atomic mass is 16.6. The highest BCUT2D eigenvalue weighted by Crippen LogP contribution is 2.50. The molecule has 1 heterocycles. The van der Waals surface area contributed by atoms with Crippen molar-refractivity contribution in [2.75, 3.05) is 34.9 Å². The van der Waals surface area contributed by atoms with E-state index in [1.54, 1.807) is 60.9 Å². The molecule has 1 saturated carbocycles. The zero-order chi connectivity index (χ0) is 54.3. The number of rotatable bonds is 24. The minimum atomic E-state index is -0.945. The number of benzene rings is 3.